The van der Waals surface area contributed by atoms with Crippen LogP contribution in [-0.2, 0) is 20.7 Å². The summed E-state index contributed by atoms with van der Waals surface area (Å²) >= 11 is 1.52. The highest BCUT2D eigenvalue weighted by atomic mass is 32.1. The normalized spacial score (nSPS) is 14.7. The first-order valence-corrected chi connectivity index (χ1v) is 10.5. The first kappa shape index (κ1) is 19.3. The van der Waals surface area contributed by atoms with E-state index in [4.69, 9.17) is 9.26 Å². The number of amides is 1. The average Bonchev–Trinajstić information content (AvgIpc) is 3.52. The van der Waals surface area contributed by atoms with Crippen LogP contribution in [0.15, 0.2) is 52.4 Å². The monoisotopic (exact) mass is 411 g/mol. The first-order chi connectivity index (χ1) is 14.2. The van der Waals surface area contributed by atoms with E-state index in [1.807, 2.05) is 35.7 Å². The van der Waals surface area contributed by atoms with Gasteiger partial charge in [0, 0.05) is 25.1 Å². The lowest BCUT2D eigenvalue weighted by Gasteiger charge is -2.23. The minimum absolute atomic E-state index is 0.0582. The van der Waals surface area contributed by atoms with E-state index in [1.165, 1.54) is 11.3 Å². The Bertz CT molecular complexity index is 949. The number of hydrogen-bond donors (Lipinski definition) is 0. The lowest BCUT2D eigenvalue weighted by Crippen LogP contribution is -2.34. The first-order valence-electron chi connectivity index (χ1n) is 9.60. The number of carbonyl (C=O) groups excluding carboxylic acids is 2. The molecule has 1 aliphatic rings. The van der Waals surface area contributed by atoms with Gasteiger partial charge in [-0.1, -0.05) is 41.6 Å². The molecule has 2 aromatic heterocycles. The van der Waals surface area contributed by atoms with Crippen molar-refractivity contribution < 1.29 is 18.8 Å². The fourth-order valence-corrected chi connectivity index (χ4v) is 3.90. The number of ether oxygens (including phenoxy) is 1. The van der Waals surface area contributed by atoms with Gasteiger partial charge in [0.25, 0.3) is 5.91 Å². The standard InChI is InChI=1S/C21H21N3O4S/c25-18(11-10-17-22-20(23-28-17)16-9-6-14-29-16)27-19(15-7-2-1-3-8-15)21(26)24-12-4-5-13-24/h1-3,6-9,14,19H,4-5,10-13H2. The highest BCUT2D eigenvalue weighted by Crippen LogP contribution is 2.24. The molecule has 0 bridgehead atoms. The Balaban J connectivity index is 1.39. The Morgan fingerprint density at radius 1 is 1.14 bits per heavy atom. The largest absolute Gasteiger partial charge is 0.447 e. The number of nitrogens with zero attached hydrogens (tertiary/aromatic N) is 3. The molecule has 8 heteroatoms. The molecule has 0 spiro atoms. The molecule has 1 aromatic carbocycles. The summed E-state index contributed by atoms with van der Waals surface area (Å²) in [5, 5.41) is 5.87. The second kappa shape index (κ2) is 9.00. The molecule has 0 N–H and O–H groups in total. The van der Waals surface area contributed by atoms with Crippen LogP contribution < -0.4 is 0 Å². The van der Waals surface area contributed by atoms with E-state index < -0.39 is 12.1 Å². The predicted octanol–water partition coefficient (Wildman–Crippen LogP) is 3.64. The van der Waals surface area contributed by atoms with Gasteiger partial charge < -0.3 is 14.2 Å². The molecule has 3 aromatic rings. The minimum Gasteiger partial charge on any atom is -0.447 e. The summed E-state index contributed by atoms with van der Waals surface area (Å²) in [4.78, 5) is 32.3. The quantitative estimate of drug-likeness (QED) is 0.552. The van der Waals surface area contributed by atoms with Crippen LogP contribution in [0.3, 0.4) is 0 Å². The number of hydrogen-bond acceptors (Lipinski definition) is 7. The molecule has 1 unspecified atom stereocenters. The molecule has 150 valence electrons. The van der Waals surface area contributed by atoms with Gasteiger partial charge in [-0.25, -0.2) is 0 Å². The summed E-state index contributed by atoms with van der Waals surface area (Å²) in [6.07, 6.45) is 1.35. The van der Waals surface area contributed by atoms with E-state index in [2.05, 4.69) is 10.1 Å². The van der Waals surface area contributed by atoms with E-state index in [-0.39, 0.29) is 18.7 Å². The number of aromatic nitrogens is 2. The van der Waals surface area contributed by atoms with E-state index >= 15 is 0 Å². The van der Waals surface area contributed by atoms with Crippen molar-refractivity contribution in [3.63, 3.8) is 0 Å². The van der Waals surface area contributed by atoms with Gasteiger partial charge in [0.05, 0.1) is 11.3 Å². The average molecular weight is 411 g/mol. The molecule has 3 heterocycles. The van der Waals surface area contributed by atoms with Crippen molar-refractivity contribution in [2.45, 2.75) is 31.8 Å². The van der Waals surface area contributed by atoms with Crippen LogP contribution in [0.4, 0.5) is 0 Å². The van der Waals surface area contributed by atoms with Crippen LogP contribution in [0.25, 0.3) is 10.7 Å². The highest BCUT2D eigenvalue weighted by molar-refractivity contribution is 7.13. The van der Waals surface area contributed by atoms with Gasteiger partial charge in [-0.15, -0.1) is 11.3 Å². The summed E-state index contributed by atoms with van der Waals surface area (Å²) in [7, 11) is 0. The van der Waals surface area contributed by atoms with Crippen molar-refractivity contribution in [1.82, 2.24) is 15.0 Å². The van der Waals surface area contributed by atoms with E-state index in [9.17, 15) is 9.59 Å². The van der Waals surface area contributed by atoms with Gasteiger partial charge in [0.15, 0.2) is 0 Å². The second-order valence-electron chi connectivity index (χ2n) is 6.80. The lowest BCUT2D eigenvalue weighted by molar-refractivity contribution is -0.160. The molecule has 29 heavy (non-hydrogen) atoms. The fraction of sp³-hybridized carbons (Fsp3) is 0.333. The Labute approximate surface area is 172 Å². The molecular weight excluding hydrogens is 390 g/mol. The molecule has 0 aliphatic carbocycles. The molecule has 7 nitrogen and oxygen atoms in total. The third kappa shape index (κ3) is 4.71. The van der Waals surface area contributed by atoms with Crippen LogP contribution in [0.1, 0.15) is 36.8 Å². The molecular formula is C21H21N3O4S. The number of esters is 1. The van der Waals surface area contributed by atoms with Crippen molar-refractivity contribution in [1.29, 1.82) is 0 Å². The topological polar surface area (TPSA) is 85.5 Å². The fourth-order valence-electron chi connectivity index (χ4n) is 3.25. The summed E-state index contributed by atoms with van der Waals surface area (Å²) in [6.45, 7) is 1.40. The Morgan fingerprint density at radius 3 is 2.66 bits per heavy atom. The Kier molecular flexibility index (Phi) is 6.00. The van der Waals surface area contributed by atoms with E-state index in [0.29, 0.717) is 30.4 Å². The summed E-state index contributed by atoms with van der Waals surface area (Å²) in [5.41, 5.74) is 0.676. The van der Waals surface area contributed by atoms with Crippen LogP contribution in [0, 0.1) is 0 Å². The summed E-state index contributed by atoms with van der Waals surface area (Å²) in [6, 6.07) is 12.9. The maximum absolute atomic E-state index is 12.9. The predicted molar refractivity (Wildman–Crippen MR) is 107 cm³/mol. The van der Waals surface area contributed by atoms with Crippen LogP contribution >= 0.6 is 11.3 Å². The second-order valence-corrected chi connectivity index (χ2v) is 7.75. The number of likely N-dealkylation sites (tertiary alicyclic amines) is 1. The van der Waals surface area contributed by atoms with Crippen molar-refractivity contribution >= 4 is 23.2 Å². The number of thiophene rings is 1. The van der Waals surface area contributed by atoms with Gasteiger partial charge in [-0.3, -0.25) is 9.59 Å². The zero-order valence-electron chi connectivity index (χ0n) is 15.8. The maximum Gasteiger partial charge on any atom is 0.307 e. The number of rotatable bonds is 7. The van der Waals surface area contributed by atoms with E-state index in [0.717, 1.165) is 17.7 Å². The van der Waals surface area contributed by atoms with E-state index in [1.54, 1.807) is 17.0 Å². The molecule has 1 atom stereocenters. The molecule has 1 aliphatic heterocycles. The van der Waals surface area contributed by atoms with Gasteiger partial charge in [0.1, 0.15) is 0 Å². The minimum atomic E-state index is -0.925. The molecule has 1 saturated heterocycles. The molecule has 4 rings (SSSR count). The van der Waals surface area contributed by atoms with Crippen molar-refractivity contribution in [2.75, 3.05) is 13.1 Å². The van der Waals surface area contributed by atoms with Gasteiger partial charge in [-0.05, 0) is 24.3 Å². The Morgan fingerprint density at radius 2 is 1.93 bits per heavy atom. The maximum atomic E-state index is 12.9. The smallest absolute Gasteiger partial charge is 0.307 e. The summed E-state index contributed by atoms with van der Waals surface area (Å²) in [5.74, 6) is 0.240. The highest BCUT2D eigenvalue weighted by Gasteiger charge is 2.30. The third-order valence-corrected chi connectivity index (χ3v) is 5.61. The zero-order valence-corrected chi connectivity index (χ0v) is 16.6. The molecule has 0 saturated carbocycles. The van der Waals surface area contributed by atoms with Gasteiger partial charge in [0.2, 0.25) is 17.8 Å². The van der Waals surface area contributed by atoms with Crippen molar-refractivity contribution in [2.24, 2.45) is 0 Å². The molecule has 1 fully saturated rings. The van der Waals surface area contributed by atoms with Crippen LogP contribution in [0.2, 0.25) is 0 Å². The zero-order chi connectivity index (χ0) is 20.1. The summed E-state index contributed by atoms with van der Waals surface area (Å²) < 4.78 is 10.8. The number of aryl methyl sites for hydroxylation is 1. The Hall–Kier alpha value is -3.00. The third-order valence-electron chi connectivity index (χ3n) is 4.75. The number of benzene rings is 1. The van der Waals surface area contributed by atoms with Gasteiger partial charge >= 0.3 is 5.97 Å². The van der Waals surface area contributed by atoms with Gasteiger partial charge in [-0.2, -0.15) is 4.98 Å². The lowest BCUT2D eigenvalue weighted by atomic mass is 10.1. The molecule has 1 amide bonds. The van der Waals surface area contributed by atoms with Crippen LogP contribution in [-0.4, -0.2) is 40.0 Å². The molecule has 0 radical (unpaired) electrons. The van der Waals surface area contributed by atoms with Crippen LogP contribution in [0.5, 0.6) is 0 Å². The number of carbonyl (C=O) groups is 2. The van der Waals surface area contributed by atoms with Crippen molar-refractivity contribution in [3.05, 3.63) is 59.3 Å². The SMILES string of the molecule is O=C(CCc1nc(-c2cccs2)no1)OC(C(=O)N1CCCC1)c1ccccc1. The van der Waals surface area contributed by atoms with Crippen molar-refractivity contribution in [3.8, 4) is 10.7 Å².